The minimum Gasteiger partial charge on any atom is -0.487 e. The van der Waals surface area contributed by atoms with Crippen LogP contribution in [0.4, 0.5) is 0 Å². The molecule has 1 spiro atoms. The van der Waals surface area contributed by atoms with E-state index in [0.29, 0.717) is 130 Å². The highest BCUT2D eigenvalue weighted by Crippen LogP contribution is 2.65. The number of methoxy groups -OCH3 is 1. The summed E-state index contributed by atoms with van der Waals surface area (Å²) >= 11 is 0. The second-order valence-corrected chi connectivity index (χ2v) is 14.4. The summed E-state index contributed by atoms with van der Waals surface area (Å²) in [5, 5.41) is 23.7. The van der Waals surface area contributed by atoms with E-state index in [1.54, 1.807) is 7.11 Å². The van der Waals surface area contributed by atoms with Crippen LogP contribution in [0, 0.1) is 5.92 Å². The first-order valence-electron chi connectivity index (χ1n) is 19.2. The summed E-state index contributed by atoms with van der Waals surface area (Å²) in [6.45, 7) is 10.0. The molecule has 2 aliphatic heterocycles. The lowest BCUT2D eigenvalue weighted by atomic mass is 9.48. The van der Waals surface area contributed by atoms with Gasteiger partial charge in [0.1, 0.15) is 12.7 Å². The lowest BCUT2D eigenvalue weighted by Gasteiger charge is -2.64. The van der Waals surface area contributed by atoms with Gasteiger partial charge in [0.25, 0.3) is 0 Å². The number of benzene rings is 1. The molecule has 0 amide bonds. The van der Waals surface area contributed by atoms with E-state index in [1.807, 2.05) is 6.07 Å². The van der Waals surface area contributed by atoms with E-state index < -0.39 is 23.2 Å². The fraction of sp³-hybridized carbons (Fsp3) is 0.842. The maximum atomic E-state index is 12.5. The average molecular weight is 724 g/mol. The first kappa shape index (κ1) is 39.1. The normalized spacial score (nSPS) is 28.0. The number of hydrogen-bond donors (Lipinski definition) is 2. The monoisotopic (exact) mass is 723 g/mol. The molecule has 2 bridgehead atoms. The Kier molecular flexibility index (Phi) is 15.0. The smallest absolute Gasteiger partial charge is 0.166 e. The van der Waals surface area contributed by atoms with Crippen molar-refractivity contribution in [3.05, 3.63) is 23.3 Å². The van der Waals surface area contributed by atoms with E-state index in [9.17, 15) is 10.2 Å². The quantitative estimate of drug-likeness (QED) is 0.129. The van der Waals surface area contributed by atoms with Crippen molar-refractivity contribution in [2.24, 2.45) is 5.92 Å². The molecule has 5 atom stereocenters. The maximum absolute atomic E-state index is 12.5. The molecule has 6 rings (SSSR count). The Morgan fingerprint density at radius 2 is 1.27 bits per heavy atom. The maximum Gasteiger partial charge on any atom is 0.166 e. The van der Waals surface area contributed by atoms with E-state index >= 15 is 0 Å². The fourth-order valence-corrected chi connectivity index (χ4v) is 8.71. The molecule has 2 saturated carbocycles. The molecule has 1 aromatic rings. The molecular formula is C38H61NO12. The molecule has 51 heavy (non-hydrogen) atoms. The molecule has 13 heteroatoms. The van der Waals surface area contributed by atoms with Crippen molar-refractivity contribution in [1.82, 2.24) is 4.90 Å². The van der Waals surface area contributed by atoms with Crippen molar-refractivity contribution < 1.29 is 57.6 Å². The van der Waals surface area contributed by atoms with Crippen LogP contribution in [0.25, 0.3) is 0 Å². The molecule has 2 N–H and O–H groups in total. The van der Waals surface area contributed by atoms with Gasteiger partial charge in [0.2, 0.25) is 0 Å². The predicted octanol–water partition coefficient (Wildman–Crippen LogP) is 2.14. The van der Waals surface area contributed by atoms with Gasteiger partial charge >= 0.3 is 0 Å². The summed E-state index contributed by atoms with van der Waals surface area (Å²) in [5.41, 5.74) is 0.803. The zero-order valence-corrected chi connectivity index (χ0v) is 30.6. The molecule has 3 fully saturated rings. The summed E-state index contributed by atoms with van der Waals surface area (Å²) in [6, 6.07) is 4.21. The predicted molar refractivity (Wildman–Crippen MR) is 187 cm³/mol. The first-order valence-corrected chi connectivity index (χ1v) is 19.2. The van der Waals surface area contributed by atoms with Crippen LogP contribution in [-0.4, -0.2) is 165 Å². The molecule has 5 aliphatic rings. The van der Waals surface area contributed by atoms with Crippen LogP contribution in [-0.2, 0) is 49.7 Å². The summed E-state index contributed by atoms with van der Waals surface area (Å²) in [6.07, 6.45) is 5.61. The second kappa shape index (κ2) is 19.6. The van der Waals surface area contributed by atoms with Gasteiger partial charge in [-0.15, -0.1) is 0 Å². The number of hydrogen-bond acceptors (Lipinski definition) is 13. The number of aliphatic hydroxyl groups is 2. The molecule has 2 heterocycles. The van der Waals surface area contributed by atoms with Crippen LogP contribution >= 0.6 is 0 Å². The molecule has 13 nitrogen and oxygen atoms in total. The Morgan fingerprint density at radius 3 is 1.80 bits per heavy atom. The van der Waals surface area contributed by atoms with Gasteiger partial charge in [-0.3, -0.25) is 4.90 Å². The fourth-order valence-electron chi connectivity index (χ4n) is 8.71. The van der Waals surface area contributed by atoms with Crippen molar-refractivity contribution >= 4 is 0 Å². The number of ether oxygens (including phenoxy) is 10. The molecule has 1 saturated heterocycles. The van der Waals surface area contributed by atoms with Crippen molar-refractivity contribution in [1.29, 1.82) is 0 Å². The number of piperidine rings is 1. The van der Waals surface area contributed by atoms with Gasteiger partial charge in [-0.2, -0.15) is 0 Å². The SMILES string of the molecule is COCCOCCOCCOCCOCCOCCOCCOCCOc1ccc2c3c1O[C@H]1[C@@H](O)CC[C@@]4(O)C(C2)N(CC2CCC2)CC[C@]314. The average Bonchev–Trinajstić information content (AvgIpc) is 3.47. The van der Waals surface area contributed by atoms with E-state index in [2.05, 4.69) is 11.0 Å². The van der Waals surface area contributed by atoms with Gasteiger partial charge in [-0.05, 0) is 62.6 Å². The van der Waals surface area contributed by atoms with Gasteiger partial charge in [0, 0.05) is 25.3 Å². The summed E-state index contributed by atoms with van der Waals surface area (Å²) < 4.78 is 56.3. The minimum absolute atomic E-state index is 0.0582. The van der Waals surface area contributed by atoms with Crippen LogP contribution in [0.5, 0.6) is 11.5 Å². The Labute approximate surface area is 303 Å². The number of rotatable bonds is 27. The lowest BCUT2D eigenvalue weighted by Crippen LogP contribution is -2.77. The summed E-state index contributed by atoms with van der Waals surface area (Å²) in [5.74, 6) is 2.12. The van der Waals surface area contributed by atoms with Gasteiger partial charge in [-0.25, -0.2) is 0 Å². The first-order chi connectivity index (χ1) is 25.1. The van der Waals surface area contributed by atoms with Gasteiger partial charge in [0.05, 0.1) is 116 Å². The Balaban J connectivity index is 0.804. The van der Waals surface area contributed by atoms with Crippen LogP contribution in [0.15, 0.2) is 12.1 Å². The Bertz CT molecular complexity index is 1190. The van der Waals surface area contributed by atoms with E-state index in [4.69, 9.17) is 47.4 Å². The molecule has 1 aromatic carbocycles. The number of nitrogens with zero attached hydrogens (tertiary/aromatic N) is 1. The molecule has 0 aromatic heterocycles. The molecule has 0 radical (unpaired) electrons. The van der Waals surface area contributed by atoms with Crippen molar-refractivity contribution in [2.45, 2.75) is 74.2 Å². The van der Waals surface area contributed by atoms with E-state index in [-0.39, 0.29) is 6.04 Å². The zero-order valence-electron chi connectivity index (χ0n) is 30.6. The second-order valence-electron chi connectivity index (χ2n) is 14.4. The third-order valence-electron chi connectivity index (χ3n) is 11.4. The van der Waals surface area contributed by atoms with Crippen molar-refractivity contribution in [3.8, 4) is 11.5 Å². The lowest BCUT2D eigenvalue weighted by molar-refractivity contribution is -0.209. The van der Waals surface area contributed by atoms with Gasteiger partial charge < -0.3 is 57.6 Å². The Morgan fingerprint density at radius 1 is 0.725 bits per heavy atom. The minimum atomic E-state index is -0.912. The summed E-state index contributed by atoms with van der Waals surface area (Å²) in [7, 11) is 1.65. The molecule has 1 unspecified atom stereocenters. The summed E-state index contributed by atoms with van der Waals surface area (Å²) in [4.78, 5) is 2.56. The van der Waals surface area contributed by atoms with Crippen LogP contribution < -0.4 is 9.47 Å². The third kappa shape index (κ3) is 9.20. The highest BCUT2D eigenvalue weighted by atomic mass is 16.6. The van der Waals surface area contributed by atoms with Crippen LogP contribution in [0.2, 0.25) is 0 Å². The van der Waals surface area contributed by atoms with E-state index in [0.717, 1.165) is 37.4 Å². The van der Waals surface area contributed by atoms with Crippen molar-refractivity contribution in [2.75, 3.05) is 126 Å². The topological polar surface area (TPSA) is 136 Å². The van der Waals surface area contributed by atoms with Crippen LogP contribution in [0.1, 0.15) is 49.7 Å². The molecule has 290 valence electrons. The third-order valence-corrected chi connectivity index (χ3v) is 11.4. The van der Waals surface area contributed by atoms with Crippen LogP contribution in [0.3, 0.4) is 0 Å². The standard InChI is InChI=1S/C38H61NO12/c1-42-11-12-43-13-14-44-15-16-45-17-18-46-19-20-47-21-22-48-23-24-49-25-26-50-32-6-5-30-27-33-38(41)8-7-31(40)36-37(38,34(30)35(32)51-36)9-10-39(33)28-29-3-2-4-29/h5-6,29,31,33,36,40-41H,2-4,7-28H2,1H3/t31-,33?,36-,37-,38+/m0/s1. The Hall–Kier alpha value is -1.62. The zero-order chi connectivity index (χ0) is 35.4. The highest BCUT2D eigenvalue weighted by molar-refractivity contribution is 5.63. The number of likely N-dealkylation sites (tertiary alicyclic amines) is 1. The van der Waals surface area contributed by atoms with Crippen molar-refractivity contribution in [3.63, 3.8) is 0 Å². The van der Waals surface area contributed by atoms with E-state index in [1.165, 1.54) is 24.8 Å². The highest BCUT2D eigenvalue weighted by Gasteiger charge is 2.73. The van der Waals surface area contributed by atoms with Gasteiger partial charge in [-0.1, -0.05) is 12.5 Å². The van der Waals surface area contributed by atoms with Gasteiger partial charge in [0.15, 0.2) is 11.5 Å². The largest absolute Gasteiger partial charge is 0.487 e. The number of aliphatic hydroxyl groups excluding tert-OH is 1. The molecular weight excluding hydrogens is 662 g/mol. The molecule has 3 aliphatic carbocycles.